The van der Waals surface area contributed by atoms with Crippen LogP contribution in [-0.2, 0) is 6.61 Å². The molecule has 0 amide bonds. The molecule has 1 atom stereocenters. The molecule has 4 heteroatoms. The van der Waals surface area contributed by atoms with Crippen molar-refractivity contribution in [2.45, 2.75) is 33.5 Å². The lowest BCUT2D eigenvalue weighted by molar-refractivity contribution is 0.0630. The summed E-state index contributed by atoms with van der Waals surface area (Å²) in [6.07, 6.45) is -0.878. The lowest BCUT2D eigenvalue weighted by Crippen LogP contribution is -2.19. The molecule has 0 heterocycles. The Morgan fingerprint density at radius 2 is 1.68 bits per heavy atom. The number of benzene rings is 2. The van der Waals surface area contributed by atoms with Crippen LogP contribution in [0, 0.1) is 17.0 Å². The molecule has 2 N–H and O–H groups in total. The molecule has 0 aromatic heterocycles. The highest BCUT2D eigenvalue weighted by Gasteiger charge is 2.27. The van der Waals surface area contributed by atoms with E-state index in [1.54, 1.807) is 18.2 Å². The van der Waals surface area contributed by atoms with Crippen molar-refractivity contribution in [3.8, 4) is 11.1 Å². The third kappa shape index (κ3) is 3.34. The molecule has 0 fully saturated rings. The first-order chi connectivity index (χ1) is 10.2. The van der Waals surface area contributed by atoms with E-state index in [9.17, 15) is 19.0 Å². The predicted molar refractivity (Wildman–Crippen MR) is 82.1 cm³/mol. The van der Waals surface area contributed by atoms with Crippen LogP contribution in [-0.4, -0.2) is 10.2 Å². The van der Waals surface area contributed by atoms with Crippen LogP contribution in [0.1, 0.15) is 38.0 Å². The lowest BCUT2D eigenvalue weighted by Gasteiger charge is -2.28. The fraction of sp³-hybridized carbons (Fsp3) is 0.333. The second-order valence-corrected chi connectivity index (χ2v) is 6.47. The minimum Gasteiger partial charge on any atom is -0.392 e. The van der Waals surface area contributed by atoms with Crippen LogP contribution >= 0.6 is 0 Å². The molecule has 0 saturated heterocycles. The van der Waals surface area contributed by atoms with E-state index in [0.717, 1.165) is 18.2 Å². The van der Waals surface area contributed by atoms with Crippen LogP contribution in [0.15, 0.2) is 36.4 Å². The standard InChI is InChI=1S/C18H20F2O2/c1-18(2,3)17(22)15-8-11(10-21)4-6-13(15)14-9-12(19)5-7-16(14)20/h4-9,17,21-22H,10H2,1-3H3/t17-/m0/s1. The van der Waals surface area contributed by atoms with Gasteiger partial charge in [-0.05, 0) is 40.3 Å². The molecule has 2 rings (SSSR count). The van der Waals surface area contributed by atoms with Gasteiger partial charge in [-0.3, -0.25) is 0 Å². The molecule has 0 radical (unpaired) electrons. The average Bonchev–Trinajstić information content (AvgIpc) is 2.47. The zero-order valence-corrected chi connectivity index (χ0v) is 12.9. The first-order valence-electron chi connectivity index (χ1n) is 7.11. The van der Waals surface area contributed by atoms with Crippen molar-refractivity contribution in [2.75, 3.05) is 0 Å². The Bertz CT molecular complexity index is 675. The average molecular weight is 306 g/mol. The molecule has 0 aliphatic heterocycles. The summed E-state index contributed by atoms with van der Waals surface area (Å²) in [6.45, 7) is 5.38. The Morgan fingerprint density at radius 1 is 1.00 bits per heavy atom. The molecule has 2 nitrogen and oxygen atoms in total. The SMILES string of the molecule is CC(C)(C)[C@@H](O)c1cc(CO)ccc1-c1cc(F)ccc1F. The predicted octanol–water partition coefficient (Wildman–Crippen LogP) is 4.20. The minimum atomic E-state index is -0.878. The van der Waals surface area contributed by atoms with Gasteiger partial charge in [0.15, 0.2) is 0 Å². The van der Waals surface area contributed by atoms with Crippen LogP contribution in [0.4, 0.5) is 8.78 Å². The molecule has 22 heavy (non-hydrogen) atoms. The van der Waals surface area contributed by atoms with Crippen molar-refractivity contribution in [1.29, 1.82) is 0 Å². The Kier molecular flexibility index (Phi) is 4.63. The second kappa shape index (κ2) is 6.15. The number of rotatable bonds is 3. The van der Waals surface area contributed by atoms with Crippen molar-refractivity contribution < 1.29 is 19.0 Å². The normalized spacial score (nSPS) is 13.2. The quantitative estimate of drug-likeness (QED) is 0.892. The van der Waals surface area contributed by atoms with Crippen molar-refractivity contribution in [3.63, 3.8) is 0 Å². The highest BCUT2D eigenvalue weighted by atomic mass is 19.1. The fourth-order valence-corrected chi connectivity index (χ4v) is 2.35. The summed E-state index contributed by atoms with van der Waals surface area (Å²) in [5, 5.41) is 19.9. The molecule has 2 aromatic rings. The van der Waals surface area contributed by atoms with Gasteiger partial charge >= 0.3 is 0 Å². The number of halogens is 2. The third-order valence-corrected chi connectivity index (χ3v) is 3.63. The van der Waals surface area contributed by atoms with Crippen molar-refractivity contribution in [2.24, 2.45) is 5.41 Å². The van der Waals surface area contributed by atoms with E-state index < -0.39 is 23.2 Å². The Hall–Kier alpha value is -1.78. The highest BCUT2D eigenvalue weighted by Crippen LogP contribution is 2.39. The molecule has 118 valence electrons. The van der Waals surface area contributed by atoms with Crippen molar-refractivity contribution in [3.05, 3.63) is 59.2 Å². The number of hydrogen-bond donors (Lipinski definition) is 2. The van der Waals surface area contributed by atoms with E-state index in [1.165, 1.54) is 0 Å². The summed E-state index contributed by atoms with van der Waals surface area (Å²) < 4.78 is 27.6. The molecule has 2 aromatic carbocycles. The molecule has 0 aliphatic rings. The summed E-state index contributed by atoms with van der Waals surface area (Å²) in [4.78, 5) is 0. The molecule has 0 aliphatic carbocycles. The second-order valence-electron chi connectivity index (χ2n) is 6.47. The summed E-state index contributed by atoms with van der Waals surface area (Å²) in [5.41, 5.74) is 1.13. The van der Waals surface area contributed by atoms with E-state index in [2.05, 4.69) is 0 Å². The third-order valence-electron chi connectivity index (χ3n) is 3.63. The van der Waals surface area contributed by atoms with Gasteiger partial charge < -0.3 is 10.2 Å². The number of aliphatic hydroxyl groups is 2. The van der Waals surface area contributed by atoms with E-state index in [1.807, 2.05) is 20.8 Å². The van der Waals surface area contributed by atoms with Crippen LogP contribution < -0.4 is 0 Å². The maximum absolute atomic E-state index is 14.1. The van der Waals surface area contributed by atoms with Gasteiger partial charge in [0.1, 0.15) is 11.6 Å². The molecule has 0 unspecified atom stereocenters. The Balaban J connectivity index is 2.68. The van der Waals surface area contributed by atoms with E-state index in [-0.39, 0.29) is 12.2 Å². The van der Waals surface area contributed by atoms with Crippen molar-refractivity contribution in [1.82, 2.24) is 0 Å². The number of aliphatic hydroxyl groups excluding tert-OH is 2. The number of hydrogen-bond acceptors (Lipinski definition) is 2. The monoisotopic (exact) mass is 306 g/mol. The largest absolute Gasteiger partial charge is 0.392 e. The Morgan fingerprint density at radius 3 is 2.27 bits per heavy atom. The first kappa shape index (κ1) is 16.6. The van der Waals surface area contributed by atoms with Crippen LogP contribution in [0.5, 0.6) is 0 Å². The summed E-state index contributed by atoms with van der Waals surface area (Å²) >= 11 is 0. The molecule has 0 spiro atoms. The van der Waals surface area contributed by atoms with Gasteiger partial charge in [-0.25, -0.2) is 8.78 Å². The van der Waals surface area contributed by atoms with Crippen LogP contribution in [0.25, 0.3) is 11.1 Å². The van der Waals surface area contributed by atoms with E-state index in [0.29, 0.717) is 16.7 Å². The maximum Gasteiger partial charge on any atom is 0.131 e. The molecule has 0 saturated carbocycles. The lowest BCUT2D eigenvalue weighted by atomic mass is 9.81. The van der Waals surface area contributed by atoms with Gasteiger partial charge in [0.2, 0.25) is 0 Å². The van der Waals surface area contributed by atoms with Crippen LogP contribution in [0.2, 0.25) is 0 Å². The fourth-order valence-electron chi connectivity index (χ4n) is 2.35. The minimum absolute atomic E-state index is 0.0998. The molecular formula is C18H20F2O2. The van der Waals surface area contributed by atoms with Gasteiger partial charge in [-0.2, -0.15) is 0 Å². The first-order valence-corrected chi connectivity index (χ1v) is 7.11. The summed E-state index contributed by atoms with van der Waals surface area (Å²) in [6, 6.07) is 8.11. The van der Waals surface area contributed by atoms with E-state index in [4.69, 9.17) is 0 Å². The summed E-state index contributed by atoms with van der Waals surface area (Å²) in [7, 11) is 0. The molecular weight excluding hydrogens is 286 g/mol. The maximum atomic E-state index is 14.1. The van der Waals surface area contributed by atoms with Gasteiger partial charge in [-0.1, -0.05) is 39.0 Å². The zero-order chi connectivity index (χ0) is 16.5. The summed E-state index contributed by atoms with van der Waals surface area (Å²) in [5.74, 6) is -1.10. The van der Waals surface area contributed by atoms with Crippen molar-refractivity contribution >= 4 is 0 Å². The van der Waals surface area contributed by atoms with Gasteiger partial charge in [-0.15, -0.1) is 0 Å². The van der Waals surface area contributed by atoms with E-state index >= 15 is 0 Å². The Labute approximate surface area is 129 Å². The zero-order valence-electron chi connectivity index (χ0n) is 12.9. The smallest absolute Gasteiger partial charge is 0.131 e. The van der Waals surface area contributed by atoms with Crippen LogP contribution in [0.3, 0.4) is 0 Å². The highest BCUT2D eigenvalue weighted by molar-refractivity contribution is 5.69. The topological polar surface area (TPSA) is 40.5 Å². The molecule has 0 bridgehead atoms. The van der Waals surface area contributed by atoms with Gasteiger partial charge in [0.25, 0.3) is 0 Å². The van der Waals surface area contributed by atoms with Gasteiger partial charge in [0.05, 0.1) is 12.7 Å². The van der Waals surface area contributed by atoms with Gasteiger partial charge in [0, 0.05) is 5.56 Å².